The zero-order valence-electron chi connectivity index (χ0n) is 47.7. The van der Waals surface area contributed by atoms with Gasteiger partial charge in [-0.3, -0.25) is 34.2 Å². The van der Waals surface area contributed by atoms with Gasteiger partial charge >= 0.3 is 12.1 Å². The number of alkyl carbamates (subject to hydrolysis) is 1. The average Bonchev–Trinajstić information content (AvgIpc) is 2.74. The highest BCUT2D eigenvalue weighted by atomic mass is 35.5. The molecule has 10 N–H and O–H groups in total. The Morgan fingerprint density at radius 3 is 2.30 bits per heavy atom. The van der Waals surface area contributed by atoms with E-state index in [1.54, 1.807) is 59.0 Å². The van der Waals surface area contributed by atoms with Crippen molar-refractivity contribution in [3.63, 3.8) is 0 Å². The number of amides is 8. The summed E-state index contributed by atoms with van der Waals surface area (Å²) >= 11 is 12.3. The predicted molar refractivity (Wildman–Crippen MR) is 308 cm³/mol. The van der Waals surface area contributed by atoms with Crippen LogP contribution in [0.3, 0.4) is 0 Å². The van der Waals surface area contributed by atoms with Gasteiger partial charge in [0, 0.05) is 76.8 Å². The fourth-order valence-electron chi connectivity index (χ4n) is 10.1. The van der Waals surface area contributed by atoms with Gasteiger partial charge in [-0.2, -0.15) is 0 Å². The van der Waals surface area contributed by atoms with Crippen LogP contribution < -0.4 is 52.6 Å². The topological polar surface area (TPSA) is 303 Å². The number of hydrogen-bond acceptors (Lipinski definition) is 15. The minimum atomic E-state index is -1.86. The Bertz CT molecular complexity index is 2840. The molecule has 6 bridgehead atoms. The zero-order valence-corrected chi connectivity index (χ0v) is 49.2. The number of hydrogen-bond donors (Lipinski definition) is 9. The van der Waals surface area contributed by atoms with Gasteiger partial charge in [0.1, 0.15) is 53.4 Å². The largest absolute Gasteiger partial charge is 0.495 e. The quantitative estimate of drug-likeness (QED) is 0.0346. The molecule has 0 radical (unpaired) electrons. The van der Waals surface area contributed by atoms with Crippen molar-refractivity contribution < 1.29 is 71.1 Å². The molecule has 2 aromatic carbocycles. The first kappa shape index (κ1) is 65.2. The van der Waals surface area contributed by atoms with E-state index in [-0.39, 0.29) is 78.7 Å². The number of primary amides is 1. The number of urea groups is 1. The lowest BCUT2D eigenvalue weighted by molar-refractivity contribution is -0.273. The minimum absolute atomic E-state index is 0.0251. The molecule has 23 nitrogen and oxygen atoms in total. The number of aliphatic hydroxyl groups is 1. The Kier molecular flexibility index (Phi) is 22.8. The van der Waals surface area contributed by atoms with E-state index >= 15 is 8.78 Å². The van der Waals surface area contributed by atoms with E-state index in [4.69, 9.17) is 53.2 Å². The Morgan fingerprint density at radius 2 is 1.64 bits per heavy atom. The highest BCUT2D eigenvalue weighted by Gasteiger charge is 2.55. The van der Waals surface area contributed by atoms with Crippen LogP contribution in [0.1, 0.15) is 85.1 Å². The predicted octanol–water partition coefficient (Wildman–Crippen LogP) is 4.94. The number of nitrogens with two attached hydrogens (primary N) is 1. The highest BCUT2D eigenvalue weighted by molar-refractivity contribution is 7.80. The second-order valence-electron chi connectivity index (χ2n) is 21.5. The number of rotatable bonds is 21. The molecule has 454 valence electrons. The molecule has 2 aromatic rings. The normalized spacial score (nSPS) is 25.4. The maximum Gasteiger partial charge on any atom is 0.409 e. The first-order chi connectivity index (χ1) is 39.3. The van der Waals surface area contributed by atoms with E-state index in [1.165, 1.54) is 31.3 Å². The number of allylic oxidation sites excluding steroid dienone is 3. The fraction of sp³-hybridized carbons (Fsp3) is 0.536. The van der Waals surface area contributed by atoms with E-state index in [1.807, 2.05) is 13.0 Å². The van der Waals surface area contributed by atoms with E-state index in [0.29, 0.717) is 37.2 Å². The van der Waals surface area contributed by atoms with Gasteiger partial charge in [-0.25, -0.2) is 18.4 Å². The van der Waals surface area contributed by atoms with Gasteiger partial charge in [0.2, 0.25) is 17.7 Å². The molecule has 7 rings (SSSR count). The van der Waals surface area contributed by atoms with Gasteiger partial charge in [0.05, 0.1) is 48.4 Å². The van der Waals surface area contributed by atoms with Crippen molar-refractivity contribution in [2.45, 2.75) is 134 Å². The van der Waals surface area contributed by atoms with E-state index in [9.17, 15) is 38.7 Å². The molecular weight excluding hydrogens is 1130 g/mol. The molecule has 0 saturated carbocycles. The SMILES string of the molecule is COc1cc2cc(c1Cl)N(C)C(=O)C[C@H](OCNc1cc(F)c(NC(=O)[C@H](CCCNC(N)=O)NC(=O)[C@@H](NC(=S)NCCCCN3C(=O)C=CC3=O)C(C)C)cc1F)[C@@]1(C)C[C@@H](O1)[C@H](C)[C@@H]1C[C@@](O)(NC(=O)O1)[C@H](OC)/C=C/C=C(\C)C2. The molecule has 0 spiro atoms. The maximum atomic E-state index is 16.0. The van der Waals surface area contributed by atoms with Crippen molar-refractivity contribution in [1.82, 2.24) is 31.5 Å². The summed E-state index contributed by atoms with van der Waals surface area (Å²) in [5.41, 5.74) is 3.21. The second kappa shape index (κ2) is 29.0. The number of methoxy groups -OCH3 is 2. The van der Waals surface area contributed by atoms with Crippen LogP contribution in [0, 0.1) is 23.5 Å². The summed E-state index contributed by atoms with van der Waals surface area (Å²) in [6, 6.07) is 1.93. The molecule has 5 aliphatic heterocycles. The molecule has 0 aliphatic carbocycles. The molecular formula is C56H75ClF2N10O13S. The number of nitrogens with one attached hydrogen (secondary N) is 7. The monoisotopic (exact) mass is 1200 g/mol. The number of anilines is 3. The molecule has 5 aliphatic rings. The van der Waals surface area contributed by atoms with E-state index < -0.39 is 108 Å². The van der Waals surface area contributed by atoms with Crippen molar-refractivity contribution in [3.8, 4) is 5.75 Å². The lowest BCUT2D eigenvalue weighted by Crippen LogP contribution is -2.66. The molecule has 27 heteroatoms. The number of nitrogens with zero attached hydrogens (tertiary/aromatic N) is 2. The van der Waals surface area contributed by atoms with Crippen molar-refractivity contribution >= 4 is 87.7 Å². The number of unbranched alkanes of at least 4 members (excludes halogenated alkanes) is 1. The number of carbonyl (C=O) groups excluding carboxylic acids is 7. The van der Waals surface area contributed by atoms with Crippen LogP contribution in [-0.4, -0.2) is 152 Å². The van der Waals surface area contributed by atoms with Crippen molar-refractivity contribution in [3.05, 3.63) is 82.4 Å². The molecule has 2 saturated heterocycles. The van der Waals surface area contributed by atoms with E-state index in [0.717, 1.165) is 28.2 Å². The van der Waals surface area contributed by atoms with Crippen LogP contribution in [0.5, 0.6) is 5.75 Å². The number of carbonyl (C=O) groups is 7. The maximum absolute atomic E-state index is 16.0. The molecule has 83 heavy (non-hydrogen) atoms. The van der Waals surface area contributed by atoms with Crippen molar-refractivity contribution in [2.24, 2.45) is 17.6 Å². The van der Waals surface area contributed by atoms with Gasteiger partial charge < -0.3 is 71.3 Å². The molecule has 9 atom stereocenters. The Hall–Kier alpha value is -6.97. The van der Waals surface area contributed by atoms with Gasteiger partial charge in [-0.1, -0.05) is 56.2 Å². The number of benzene rings is 2. The molecule has 0 aromatic heterocycles. The van der Waals surface area contributed by atoms with Gasteiger partial charge in [0.25, 0.3) is 11.8 Å². The summed E-state index contributed by atoms with van der Waals surface area (Å²) in [6.45, 7) is 9.02. The second-order valence-corrected chi connectivity index (χ2v) is 22.3. The summed E-state index contributed by atoms with van der Waals surface area (Å²) in [6.07, 6.45) is 4.71. The summed E-state index contributed by atoms with van der Waals surface area (Å²) in [4.78, 5) is 92.6. The molecule has 8 amide bonds. The van der Waals surface area contributed by atoms with Crippen LogP contribution in [0.25, 0.3) is 0 Å². The third-order valence-corrected chi connectivity index (χ3v) is 15.6. The standard InChI is InChI=1S/C56H75ClF2N10O13S/c1-30(2)49(66-53(83)62-18-9-10-20-69-45(70)16-17-46(69)71)51(74)64-36(14-12-19-61-52(60)75)50(73)65-38-25-34(58)37(24-35(38)59)63-29-80-44-26-47(72)68(6)39-22-33(23-40(78-7)48(39)57)21-31(3)13-11-15-43(79-8)56(77)28-41(81-54(76)67-56)32(4)42-27-55(44,5)82-42/h11,13,15-17,22-25,30,32,36,41-44,49,63,77H,9-10,12,14,18-21,26-29H2,1-8H3,(H,64,74)(H,65,73)(H,67,76)(H3,60,61,75)(H2,62,66,83)/b15-11+,31-13+/t32-,36+,41+,42-,43-,44+,49+,55-,56+/m1/s1. The Labute approximate surface area is 491 Å². The van der Waals surface area contributed by atoms with Gasteiger partial charge in [-0.15, -0.1) is 0 Å². The Morgan fingerprint density at radius 1 is 0.964 bits per heavy atom. The van der Waals surface area contributed by atoms with Crippen molar-refractivity contribution in [1.29, 1.82) is 0 Å². The summed E-state index contributed by atoms with van der Waals surface area (Å²) in [7, 11) is 4.42. The van der Waals surface area contributed by atoms with Crippen molar-refractivity contribution in [2.75, 3.05) is 63.2 Å². The Balaban J connectivity index is 1.16. The van der Waals surface area contributed by atoms with Gasteiger partial charge in [-0.05, 0) is 81.8 Å². The molecule has 2 fully saturated rings. The highest BCUT2D eigenvalue weighted by Crippen LogP contribution is 2.45. The lowest BCUT2D eigenvalue weighted by atomic mass is 9.76. The van der Waals surface area contributed by atoms with Crippen LogP contribution in [-0.2, 0) is 49.3 Å². The molecule has 5 heterocycles. The third-order valence-electron chi connectivity index (χ3n) is 14.9. The third kappa shape index (κ3) is 17.1. The summed E-state index contributed by atoms with van der Waals surface area (Å²) in [5.74, 6) is -5.41. The fourth-order valence-corrected chi connectivity index (χ4v) is 10.6. The zero-order chi connectivity index (χ0) is 60.9. The first-order valence-corrected chi connectivity index (χ1v) is 28.0. The van der Waals surface area contributed by atoms with E-state index in [2.05, 4.69) is 37.2 Å². The first-order valence-electron chi connectivity index (χ1n) is 27.2. The minimum Gasteiger partial charge on any atom is -0.495 e. The lowest BCUT2D eigenvalue weighted by Gasteiger charge is -2.53. The molecule has 0 unspecified atom stereocenters. The smallest absolute Gasteiger partial charge is 0.409 e. The number of fused-ring (bicyclic) bond motifs is 6. The summed E-state index contributed by atoms with van der Waals surface area (Å²) < 4.78 is 61.8. The van der Waals surface area contributed by atoms with Gasteiger partial charge in [0.15, 0.2) is 10.8 Å². The number of thiocarbonyl (C=S) groups is 1. The number of ether oxygens (including phenoxy) is 5. The summed E-state index contributed by atoms with van der Waals surface area (Å²) in [5, 5.41) is 30.7. The van der Waals surface area contributed by atoms with Crippen LogP contribution in [0.2, 0.25) is 5.02 Å². The van der Waals surface area contributed by atoms with Crippen LogP contribution in [0.4, 0.5) is 35.4 Å². The number of imide groups is 1. The van der Waals surface area contributed by atoms with Crippen LogP contribution >= 0.6 is 23.8 Å². The average molecular weight is 1200 g/mol. The van der Waals surface area contributed by atoms with Crippen LogP contribution in [0.15, 0.2) is 60.2 Å². The number of halogens is 3.